The SMILES string of the molecule is C=CC(/C=C/C)Oc1cc(-c2cn(-c3ccc(/C=C/C)cc3)nn2)ccc1C(O)(O)N1CCC[C@H]([C@](C)(O)CO)C1. The Balaban J connectivity index is 1.69. The molecule has 41 heavy (non-hydrogen) atoms. The van der Waals surface area contributed by atoms with Crippen molar-refractivity contribution in [3.05, 3.63) is 90.7 Å². The van der Waals surface area contributed by atoms with Gasteiger partial charge < -0.3 is 25.2 Å². The zero-order valence-corrected chi connectivity index (χ0v) is 23.9. The highest BCUT2D eigenvalue weighted by Gasteiger charge is 2.43. The largest absolute Gasteiger partial charge is 0.482 e. The molecule has 0 saturated carbocycles. The molecule has 9 nitrogen and oxygen atoms in total. The summed E-state index contributed by atoms with van der Waals surface area (Å²) in [7, 11) is 0. The molecule has 0 aliphatic carbocycles. The third-order valence-corrected chi connectivity index (χ3v) is 7.59. The number of aliphatic hydroxyl groups excluding tert-OH is 1. The summed E-state index contributed by atoms with van der Waals surface area (Å²) < 4.78 is 7.89. The highest BCUT2D eigenvalue weighted by atomic mass is 16.5. The van der Waals surface area contributed by atoms with Crippen LogP contribution in [0.2, 0.25) is 0 Å². The minimum absolute atomic E-state index is 0.147. The maximum absolute atomic E-state index is 11.5. The van der Waals surface area contributed by atoms with Crippen molar-refractivity contribution in [2.24, 2.45) is 5.92 Å². The van der Waals surface area contributed by atoms with Crippen LogP contribution in [0.5, 0.6) is 5.75 Å². The van der Waals surface area contributed by atoms with E-state index in [1.807, 2.05) is 62.4 Å². The van der Waals surface area contributed by atoms with E-state index in [4.69, 9.17) is 4.74 Å². The molecule has 2 aromatic carbocycles. The first-order valence-corrected chi connectivity index (χ1v) is 13.9. The maximum atomic E-state index is 11.5. The monoisotopic (exact) mass is 560 g/mol. The predicted molar refractivity (Wildman–Crippen MR) is 159 cm³/mol. The van der Waals surface area contributed by atoms with Crippen LogP contribution in [-0.4, -0.2) is 71.7 Å². The normalized spacial score (nSPS) is 19.0. The molecule has 0 bridgehead atoms. The van der Waals surface area contributed by atoms with Crippen LogP contribution < -0.4 is 4.74 Å². The number of aliphatic hydroxyl groups is 4. The molecule has 218 valence electrons. The molecule has 4 N–H and O–H groups in total. The van der Waals surface area contributed by atoms with Gasteiger partial charge in [-0.3, -0.25) is 0 Å². The van der Waals surface area contributed by atoms with Gasteiger partial charge in [-0.1, -0.05) is 48.2 Å². The van der Waals surface area contributed by atoms with Gasteiger partial charge in [-0.2, -0.15) is 0 Å². The van der Waals surface area contributed by atoms with E-state index < -0.39 is 24.2 Å². The smallest absolute Gasteiger partial charge is 0.257 e. The molecule has 0 radical (unpaired) electrons. The Bertz CT molecular complexity index is 1380. The van der Waals surface area contributed by atoms with Crippen LogP contribution in [-0.2, 0) is 5.91 Å². The van der Waals surface area contributed by atoms with Gasteiger partial charge in [0.15, 0.2) is 0 Å². The first-order chi connectivity index (χ1) is 19.6. The van der Waals surface area contributed by atoms with E-state index in [1.54, 1.807) is 42.1 Å². The summed E-state index contributed by atoms with van der Waals surface area (Å²) in [6.07, 6.45) is 11.8. The number of ether oxygens (including phenoxy) is 1. The molecule has 3 atom stereocenters. The number of rotatable bonds is 11. The van der Waals surface area contributed by atoms with Crippen molar-refractivity contribution in [1.29, 1.82) is 0 Å². The summed E-state index contributed by atoms with van der Waals surface area (Å²) in [6, 6.07) is 13.0. The van der Waals surface area contributed by atoms with Crippen molar-refractivity contribution in [1.82, 2.24) is 19.9 Å². The van der Waals surface area contributed by atoms with Crippen LogP contribution in [0.4, 0.5) is 0 Å². The summed E-state index contributed by atoms with van der Waals surface area (Å²) in [5.41, 5.74) is 2.01. The van der Waals surface area contributed by atoms with Crippen LogP contribution in [0, 0.1) is 5.92 Å². The zero-order valence-electron chi connectivity index (χ0n) is 23.9. The second-order valence-corrected chi connectivity index (χ2v) is 10.6. The van der Waals surface area contributed by atoms with Crippen LogP contribution in [0.25, 0.3) is 23.0 Å². The third kappa shape index (κ3) is 6.83. The van der Waals surface area contributed by atoms with Crippen molar-refractivity contribution in [3.8, 4) is 22.7 Å². The molecular formula is C32H40N4O5. The number of likely N-dealkylation sites (tertiary alicyclic amines) is 1. The minimum Gasteiger partial charge on any atom is -0.482 e. The van der Waals surface area contributed by atoms with E-state index in [0.29, 0.717) is 30.6 Å². The lowest BCUT2D eigenvalue weighted by atomic mass is 9.83. The molecule has 0 spiro atoms. The summed E-state index contributed by atoms with van der Waals surface area (Å²) in [5, 5.41) is 52.0. The Morgan fingerprint density at radius 3 is 2.54 bits per heavy atom. The highest BCUT2D eigenvalue weighted by Crippen LogP contribution is 2.38. The Kier molecular flexibility index (Phi) is 9.57. The Hall–Kier alpha value is -3.60. The van der Waals surface area contributed by atoms with Crippen LogP contribution in [0.3, 0.4) is 0 Å². The van der Waals surface area contributed by atoms with Gasteiger partial charge in [-0.15, -0.1) is 5.10 Å². The number of piperidine rings is 1. The molecule has 4 rings (SSSR count). The molecule has 9 heteroatoms. The van der Waals surface area contributed by atoms with Gasteiger partial charge in [0.1, 0.15) is 17.5 Å². The number of nitrogens with zero attached hydrogens (tertiary/aromatic N) is 4. The standard InChI is InChI=1S/C32H40N4O5/c1-5-9-23-12-15-26(16-13-23)36-21-29(33-34-36)24-14-17-28(30(19-24)41-27(7-3)10-6-2)32(39,40)35-18-8-11-25(20-35)31(4,38)22-37/h5-7,9-10,12-17,19,21,25,27,37-40H,3,8,11,18,20,22H2,1-2,4H3/b9-5+,10-6+/t25-,27?,31+/m0/s1. The first-order valence-electron chi connectivity index (χ1n) is 13.9. The molecule has 1 fully saturated rings. The predicted octanol–water partition coefficient (Wildman–Crippen LogP) is 4.03. The molecule has 1 aromatic heterocycles. The first kappa shape index (κ1) is 30.4. The van der Waals surface area contributed by atoms with Crippen molar-refractivity contribution in [3.63, 3.8) is 0 Å². The van der Waals surface area contributed by atoms with Crippen molar-refractivity contribution in [2.45, 2.75) is 51.2 Å². The van der Waals surface area contributed by atoms with Crippen molar-refractivity contribution >= 4 is 6.08 Å². The fourth-order valence-electron chi connectivity index (χ4n) is 5.08. The number of aromatic nitrogens is 3. The average Bonchev–Trinajstić information content (AvgIpc) is 3.48. The van der Waals surface area contributed by atoms with Crippen LogP contribution in [0.1, 0.15) is 44.7 Å². The number of hydrogen-bond acceptors (Lipinski definition) is 8. The maximum Gasteiger partial charge on any atom is 0.257 e. The Morgan fingerprint density at radius 1 is 1.12 bits per heavy atom. The molecule has 1 aliphatic rings. The second-order valence-electron chi connectivity index (χ2n) is 10.6. The van der Waals surface area contributed by atoms with Gasteiger partial charge in [-0.25, -0.2) is 9.58 Å². The lowest BCUT2D eigenvalue weighted by Crippen LogP contribution is -2.55. The van der Waals surface area contributed by atoms with Crippen LogP contribution in [0.15, 0.2) is 79.5 Å². The van der Waals surface area contributed by atoms with Gasteiger partial charge in [0.05, 0.1) is 29.7 Å². The molecule has 1 aliphatic heterocycles. The molecule has 2 heterocycles. The van der Waals surface area contributed by atoms with Gasteiger partial charge in [0.2, 0.25) is 0 Å². The molecule has 3 aromatic rings. The summed E-state index contributed by atoms with van der Waals surface area (Å²) >= 11 is 0. The summed E-state index contributed by atoms with van der Waals surface area (Å²) in [4.78, 5) is 1.50. The van der Waals surface area contributed by atoms with Gasteiger partial charge in [-0.05, 0) is 75.6 Å². The number of hydrogen-bond donors (Lipinski definition) is 4. The number of allylic oxidation sites excluding steroid dienone is 2. The molecule has 0 amide bonds. The van der Waals surface area contributed by atoms with Crippen LogP contribution >= 0.6 is 0 Å². The van der Waals surface area contributed by atoms with E-state index in [-0.39, 0.29) is 23.8 Å². The van der Waals surface area contributed by atoms with Gasteiger partial charge >= 0.3 is 0 Å². The van der Waals surface area contributed by atoms with Crippen molar-refractivity contribution in [2.75, 3.05) is 19.7 Å². The number of benzene rings is 2. The van der Waals surface area contributed by atoms with E-state index in [0.717, 1.165) is 11.3 Å². The van der Waals surface area contributed by atoms with Gasteiger partial charge in [0.25, 0.3) is 5.91 Å². The lowest BCUT2D eigenvalue weighted by molar-refractivity contribution is -0.287. The Labute approximate surface area is 241 Å². The van der Waals surface area contributed by atoms with Gasteiger partial charge in [0, 0.05) is 24.6 Å². The van der Waals surface area contributed by atoms with E-state index in [9.17, 15) is 20.4 Å². The second kappa shape index (κ2) is 12.9. The topological polar surface area (TPSA) is 124 Å². The lowest BCUT2D eigenvalue weighted by Gasteiger charge is -2.44. The minimum atomic E-state index is -2.40. The molecule has 1 unspecified atom stereocenters. The quantitative estimate of drug-likeness (QED) is 0.205. The zero-order chi connectivity index (χ0) is 29.6. The summed E-state index contributed by atoms with van der Waals surface area (Å²) in [6.45, 7) is 9.41. The average molecular weight is 561 g/mol. The fraction of sp³-hybridized carbons (Fsp3) is 0.375. The fourth-order valence-corrected chi connectivity index (χ4v) is 5.08. The highest BCUT2D eigenvalue weighted by molar-refractivity contribution is 5.63. The molecule has 1 saturated heterocycles. The van der Waals surface area contributed by atoms with Crippen molar-refractivity contribution < 1.29 is 25.2 Å². The van der Waals surface area contributed by atoms with E-state index in [2.05, 4.69) is 16.9 Å². The van der Waals surface area contributed by atoms with E-state index in [1.165, 1.54) is 4.90 Å². The summed E-state index contributed by atoms with van der Waals surface area (Å²) in [5.74, 6) is -2.49. The third-order valence-electron chi connectivity index (χ3n) is 7.59. The van der Waals surface area contributed by atoms with E-state index >= 15 is 0 Å². The molecular weight excluding hydrogens is 520 g/mol. The Morgan fingerprint density at radius 2 is 1.88 bits per heavy atom.